The third kappa shape index (κ3) is 3.47. The maximum Gasteiger partial charge on any atom is 0.0645 e. The van der Waals surface area contributed by atoms with E-state index in [1.165, 1.54) is 22.4 Å². The summed E-state index contributed by atoms with van der Waals surface area (Å²) in [6.45, 7) is 8.75. The minimum absolute atomic E-state index is 0.0131. The van der Waals surface area contributed by atoms with Gasteiger partial charge in [0.25, 0.3) is 0 Å². The number of aryl methyl sites for hydroxylation is 1. The zero-order chi connectivity index (χ0) is 18.4. The second-order valence-corrected chi connectivity index (χ2v) is 7.94. The molecule has 2 aromatic carbocycles. The molecule has 0 saturated heterocycles. The van der Waals surface area contributed by atoms with Crippen molar-refractivity contribution in [3.05, 3.63) is 63.1 Å². The van der Waals surface area contributed by atoms with Gasteiger partial charge in [-0.15, -0.1) is 0 Å². The van der Waals surface area contributed by atoms with E-state index in [-0.39, 0.29) is 5.54 Å². The molecule has 0 N–H and O–H groups in total. The highest BCUT2D eigenvalue weighted by Crippen LogP contribution is 2.39. The molecular weight excluding hydrogens is 351 g/mol. The molecule has 0 unspecified atom stereocenters. The number of nitrogens with zero attached hydrogens (tertiary/aromatic N) is 2. The van der Waals surface area contributed by atoms with E-state index < -0.39 is 0 Å². The Bertz CT molecular complexity index is 895. The smallest absolute Gasteiger partial charge is 0.0645 e. The molecule has 0 fully saturated rings. The molecule has 3 rings (SSSR count). The second-order valence-electron chi connectivity index (χ2n) is 7.12. The van der Waals surface area contributed by atoms with Crippen LogP contribution in [0.25, 0.3) is 5.57 Å². The quantitative estimate of drug-likeness (QED) is 0.536. The molecule has 2 aromatic rings. The lowest BCUT2D eigenvalue weighted by Gasteiger charge is -2.41. The van der Waals surface area contributed by atoms with Crippen LogP contribution in [0, 0.1) is 6.92 Å². The Kier molecular flexibility index (Phi) is 4.70. The zero-order valence-corrected chi connectivity index (χ0v) is 16.7. The SMILES string of the molecule is CC1=CC(C)(C)N(C)c2cc(C)c(C=Nc3ccc(Cl)c(Cl)c3)cc21. The Morgan fingerprint density at radius 2 is 1.76 bits per heavy atom. The predicted octanol–water partition coefficient (Wildman–Crippen LogP) is 6.68. The average molecular weight is 373 g/mol. The number of anilines is 1. The number of hydrogen-bond donors (Lipinski definition) is 0. The maximum atomic E-state index is 6.06. The molecule has 0 aromatic heterocycles. The van der Waals surface area contributed by atoms with E-state index in [1.807, 2.05) is 12.3 Å². The summed E-state index contributed by atoms with van der Waals surface area (Å²) in [5.74, 6) is 0. The lowest BCUT2D eigenvalue weighted by molar-refractivity contribution is 0.597. The maximum absolute atomic E-state index is 6.06. The van der Waals surface area contributed by atoms with Gasteiger partial charge in [-0.2, -0.15) is 0 Å². The Morgan fingerprint density at radius 1 is 1.04 bits per heavy atom. The van der Waals surface area contributed by atoms with Crippen molar-refractivity contribution in [2.24, 2.45) is 4.99 Å². The molecule has 0 radical (unpaired) electrons. The summed E-state index contributed by atoms with van der Waals surface area (Å²) in [5, 5.41) is 1.05. The van der Waals surface area contributed by atoms with E-state index in [4.69, 9.17) is 23.2 Å². The zero-order valence-electron chi connectivity index (χ0n) is 15.2. The summed E-state index contributed by atoms with van der Waals surface area (Å²) in [4.78, 5) is 6.88. The minimum Gasteiger partial charge on any atom is -0.365 e. The fourth-order valence-electron chi connectivity index (χ4n) is 3.17. The number of halogens is 2. The van der Waals surface area contributed by atoms with Crippen molar-refractivity contribution in [3.63, 3.8) is 0 Å². The van der Waals surface area contributed by atoms with Crippen LogP contribution in [0.1, 0.15) is 37.5 Å². The van der Waals surface area contributed by atoms with Gasteiger partial charge in [0.05, 0.1) is 21.3 Å². The summed E-state index contributed by atoms with van der Waals surface area (Å²) in [6, 6.07) is 9.85. The molecule has 2 nitrogen and oxygen atoms in total. The topological polar surface area (TPSA) is 15.6 Å². The van der Waals surface area contributed by atoms with Crippen LogP contribution in [0.2, 0.25) is 10.0 Å². The van der Waals surface area contributed by atoms with Crippen LogP contribution in [-0.2, 0) is 0 Å². The van der Waals surface area contributed by atoms with E-state index in [2.05, 4.69) is 62.8 Å². The van der Waals surface area contributed by atoms with Gasteiger partial charge < -0.3 is 4.90 Å². The highest BCUT2D eigenvalue weighted by Gasteiger charge is 2.28. The fourth-order valence-corrected chi connectivity index (χ4v) is 3.46. The summed E-state index contributed by atoms with van der Waals surface area (Å²) in [6.07, 6.45) is 4.20. The van der Waals surface area contributed by atoms with Gasteiger partial charge >= 0.3 is 0 Å². The van der Waals surface area contributed by atoms with Crippen molar-refractivity contribution in [1.29, 1.82) is 0 Å². The third-order valence-electron chi connectivity index (χ3n) is 4.86. The van der Waals surface area contributed by atoms with Crippen LogP contribution in [0.3, 0.4) is 0 Å². The molecule has 25 heavy (non-hydrogen) atoms. The average Bonchev–Trinajstić information content (AvgIpc) is 2.54. The Morgan fingerprint density at radius 3 is 2.44 bits per heavy atom. The van der Waals surface area contributed by atoms with Gasteiger partial charge in [0, 0.05) is 24.5 Å². The van der Waals surface area contributed by atoms with Crippen LogP contribution < -0.4 is 4.90 Å². The van der Waals surface area contributed by atoms with Gasteiger partial charge in [0.2, 0.25) is 0 Å². The number of aliphatic imine (C=N–C) groups is 1. The van der Waals surface area contributed by atoms with Gasteiger partial charge in [0.1, 0.15) is 0 Å². The molecule has 1 aliphatic heterocycles. The first-order valence-electron chi connectivity index (χ1n) is 8.26. The highest BCUT2D eigenvalue weighted by molar-refractivity contribution is 6.42. The predicted molar refractivity (Wildman–Crippen MR) is 111 cm³/mol. The first-order valence-corrected chi connectivity index (χ1v) is 9.02. The molecule has 0 saturated carbocycles. The van der Waals surface area contributed by atoms with Crippen molar-refractivity contribution in [3.8, 4) is 0 Å². The summed E-state index contributed by atoms with van der Waals surface area (Å²) < 4.78 is 0. The molecule has 1 heterocycles. The van der Waals surface area contributed by atoms with Crippen molar-refractivity contribution < 1.29 is 0 Å². The largest absolute Gasteiger partial charge is 0.365 e. The van der Waals surface area contributed by atoms with Gasteiger partial charge in [0.15, 0.2) is 0 Å². The van der Waals surface area contributed by atoms with Crippen LogP contribution in [0.15, 0.2) is 41.4 Å². The standard InChI is InChI=1S/C21H22Cl2N2/c1-13-8-20-17(14(2)11-21(3,4)25(20)5)9-15(13)12-24-16-6-7-18(22)19(23)10-16/h6-12H,1-5H3. The Balaban J connectivity index is 2.01. The minimum atomic E-state index is 0.0131. The Hall–Kier alpha value is -1.77. The molecule has 130 valence electrons. The number of likely N-dealkylation sites (N-methyl/N-ethyl adjacent to an activating group) is 1. The second kappa shape index (κ2) is 6.51. The fraction of sp³-hybridized carbons (Fsp3) is 0.286. The van der Waals surface area contributed by atoms with Crippen molar-refractivity contribution in [2.45, 2.75) is 33.2 Å². The molecule has 0 spiro atoms. The molecule has 0 atom stereocenters. The van der Waals surface area contributed by atoms with Crippen LogP contribution in [0.5, 0.6) is 0 Å². The number of hydrogen-bond acceptors (Lipinski definition) is 2. The first kappa shape index (κ1) is 18.0. The molecule has 1 aliphatic rings. The molecule has 0 bridgehead atoms. The van der Waals surface area contributed by atoms with Gasteiger partial charge in [-0.1, -0.05) is 29.3 Å². The van der Waals surface area contributed by atoms with E-state index in [0.29, 0.717) is 10.0 Å². The van der Waals surface area contributed by atoms with Crippen molar-refractivity contribution in [2.75, 3.05) is 11.9 Å². The molecule has 0 amide bonds. The normalized spacial score (nSPS) is 16.1. The van der Waals surface area contributed by atoms with Crippen LogP contribution >= 0.6 is 23.2 Å². The highest BCUT2D eigenvalue weighted by atomic mass is 35.5. The van der Waals surface area contributed by atoms with E-state index >= 15 is 0 Å². The van der Waals surface area contributed by atoms with E-state index in [9.17, 15) is 0 Å². The van der Waals surface area contributed by atoms with E-state index in [0.717, 1.165) is 11.3 Å². The van der Waals surface area contributed by atoms with E-state index in [1.54, 1.807) is 12.1 Å². The van der Waals surface area contributed by atoms with Crippen molar-refractivity contribution in [1.82, 2.24) is 0 Å². The molecular formula is C21H22Cl2N2. The van der Waals surface area contributed by atoms with Gasteiger partial charge in [-0.05, 0) is 74.7 Å². The first-order chi connectivity index (χ1) is 11.7. The number of rotatable bonds is 2. The van der Waals surface area contributed by atoms with Gasteiger partial charge in [-0.25, -0.2) is 0 Å². The van der Waals surface area contributed by atoms with Gasteiger partial charge in [-0.3, -0.25) is 4.99 Å². The molecule has 0 aliphatic carbocycles. The summed E-state index contributed by atoms with van der Waals surface area (Å²) in [5.41, 5.74) is 6.90. The Labute approximate surface area is 159 Å². The lowest BCUT2D eigenvalue weighted by atomic mass is 9.87. The number of benzene rings is 2. The van der Waals surface area contributed by atoms with Crippen LogP contribution in [0.4, 0.5) is 11.4 Å². The monoisotopic (exact) mass is 372 g/mol. The summed E-state index contributed by atoms with van der Waals surface area (Å²) in [7, 11) is 2.14. The van der Waals surface area contributed by atoms with Crippen molar-refractivity contribution >= 4 is 46.4 Å². The lowest BCUT2D eigenvalue weighted by Crippen LogP contribution is -2.42. The van der Waals surface area contributed by atoms with Crippen LogP contribution in [-0.4, -0.2) is 18.8 Å². The summed E-state index contributed by atoms with van der Waals surface area (Å²) >= 11 is 12.0. The number of allylic oxidation sites excluding steroid dienone is 1. The number of fused-ring (bicyclic) bond motifs is 1. The molecule has 4 heteroatoms. The third-order valence-corrected chi connectivity index (χ3v) is 5.60.